The number of anilines is 1. The van der Waals surface area contributed by atoms with E-state index in [0.29, 0.717) is 19.4 Å². The topological polar surface area (TPSA) is 96.8 Å². The highest BCUT2D eigenvalue weighted by atomic mass is 35.5. The summed E-state index contributed by atoms with van der Waals surface area (Å²) >= 11 is 9.10. The largest absolute Gasteiger partial charge is 0.755 e. The molecule has 21 heavy (non-hydrogen) atoms. The zero-order chi connectivity index (χ0) is 15.6. The van der Waals surface area contributed by atoms with E-state index in [1.54, 1.807) is 0 Å². The molecule has 1 aromatic rings. The Kier molecular flexibility index (Phi) is 5.26. The van der Waals surface area contributed by atoms with E-state index < -0.39 is 23.4 Å². The number of rotatable bonds is 4. The van der Waals surface area contributed by atoms with Crippen LogP contribution in [0.5, 0.6) is 0 Å². The van der Waals surface area contributed by atoms with Crippen LogP contribution < -0.4 is 4.31 Å². The van der Waals surface area contributed by atoms with Crippen molar-refractivity contribution in [3.8, 4) is 0 Å². The number of nitrogens with zero attached hydrogens (tertiary/aromatic N) is 3. The number of hydrogen-bond acceptors (Lipinski definition) is 4. The molecule has 1 unspecified atom stereocenters. The Balaban J connectivity index is 2.26. The normalized spacial score (nSPS) is 19.6. The lowest BCUT2D eigenvalue weighted by Gasteiger charge is -2.32. The van der Waals surface area contributed by atoms with Crippen LogP contribution in [0.1, 0.15) is 12.8 Å². The van der Waals surface area contributed by atoms with Crippen molar-refractivity contribution >= 4 is 46.2 Å². The van der Waals surface area contributed by atoms with Gasteiger partial charge < -0.3 is 14.6 Å². The van der Waals surface area contributed by atoms with Gasteiger partial charge in [0, 0.05) is 24.0 Å². The maximum absolute atomic E-state index is 11.5. The van der Waals surface area contributed by atoms with Gasteiger partial charge in [-0.05, 0) is 18.9 Å². The summed E-state index contributed by atoms with van der Waals surface area (Å²) < 4.78 is 23.9. The maximum Gasteiger partial charge on any atom is 0.407 e. The Hall–Kier alpha value is -1.09. The fourth-order valence-electron chi connectivity index (χ4n) is 2.30. The third kappa shape index (κ3) is 3.76. The van der Waals surface area contributed by atoms with Crippen LogP contribution in [0, 0.1) is 0 Å². The van der Waals surface area contributed by atoms with Gasteiger partial charge in [-0.15, -0.1) is 0 Å². The van der Waals surface area contributed by atoms with Crippen LogP contribution in [0.2, 0.25) is 10.2 Å². The SMILES string of the molecule is O=C(O)N1CCC[C@H]1CN(c1cc(Cl)cnc1Cl)S(=O)[O-]. The van der Waals surface area contributed by atoms with Crippen molar-refractivity contribution in [2.24, 2.45) is 0 Å². The van der Waals surface area contributed by atoms with Gasteiger partial charge in [-0.2, -0.15) is 0 Å². The lowest BCUT2D eigenvalue weighted by atomic mass is 10.2. The molecule has 1 N–H and O–H groups in total. The lowest BCUT2D eigenvalue weighted by molar-refractivity contribution is 0.141. The summed E-state index contributed by atoms with van der Waals surface area (Å²) in [5, 5.41) is 9.33. The zero-order valence-electron chi connectivity index (χ0n) is 10.7. The summed E-state index contributed by atoms with van der Waals surface area (Å²) in [6, 6.07) is 0.961. The van der Waals surface area contributed by atoms with Crippen LogP contribution in [-0.2, 0) is 11.3 Å². The first-order chi connectivity index (χ1) is 9.90. The van der Waals surface area contributed by atoms with Crippen molar-refractivity contribution in [2.75, 3.05) is 17.4 Å². The average Bonchev–Trinajstić information content (AvgIpc) is 2.87. The molecule has 0 aromatic carbocycles. The third-order valence-electron chi connectivity index (χ3n) is 3.24. The smallest absolute Gasteiger partial charge is 0.407 e. The van der Waals surface area contributed by atoms with Crippen molar-refractivity contribution in [3.05, 3.63) is 22.4 Å². The lowest BCUT2D eigenvalue weighted by Crippen LogP contribution is -2.43. The molecular weight excluding hydrogens is 341 g/mol. The Morgan fingerprint density at radius 2 is 2.33 bits per heavy atom. The first-order valence-electron chi connectivity index (χ1n) is 6.07. The molecule has 1 fully saturated rings. The molecule has 1 saturated heterocycles. The first-order valence-corrected chi connectivity index (χ1v) is 7.86. The molecule has 0 bridgehead atoms. The fourth-order valence-corrected chi connectivity index (χ4v) is 3.30. The van der Waals surface area contributed by atoms with Gasteiger partial charge in [0.15, 0.2) is 5.15 Å². The molecule has 1 aliphatic heterocycles. The number of hydrogen-bond donors (Lipinski definition) is 1. The number of likely N-dealkylation sites (tertiary alicyclic amines) is 1. The summed E-state index contributed by atoms with van der Waals surface area (Å²) in [6.45, 7) is 0.366. The number of amides is 1. The second kappa shape index (κ2) is 6.78. The van der Waals surface area contributed by atoms with Crippen molar-refractivity contribution in [2.45, 2.75) is 18.9 Å². The average molecular weight is 353 g/mol. The van der Waals surface area contributed by atoms with Crippen LogP contribution in [0.25, 0.3) is 0 Å². The Bertz CT molecular complexity index is 574. The van der Waals surface area contributed by atoms with Gasteiger partial charge in [0.2, 0.25) is 0 Å². The van der Waals surface area contributed by atoms with E-state index in [9.17, 15) is 13.6 Å². The van der Waals surface area contributed by atoms with Crippen molar-refractivity contribution in [3.63, 3.8) is 0 Å². The highest BCUT2D eigenvalue weighted by Gasteiger charge is 2.31. The molecule has 1 aliphatic rings. The monoisotopic (exact) mass is 352 g/mol. The van der Waals surface area contributed by atoms with E-state index in [1.165, 1.54) is 17.2 Å². The Morgan fingerprint density at radius 3 is 2.95 bits per heavy atom. The second-order valence-electron chi connectivity index (χ2n) is 4.51. The van der Waals surface area contributed by atoms with Gasteiger partial charge >= 0.3 is 6.09 Å². The maximum atomic E-state index is 11.5. The molecule has 1 amide bonds. The fraction of sp³-hybridized carbons (Fsp3) is 0.455. The van der Waals surface area contributed by atoms with E-state index in [4.69, 9.17) is 28.3 Å². The number of carbonyl (C=O) groups is 1. The standard InChI is InChI=1S/C11H13Cl2N3O4S/c12-7-4-9(10(13)14-5-7)16(21(19)20)6-8-2-1-3-15(8)11(17)18/h4-5,8H,1-3,6H2,(H,17,18)(H,19,20)/p-1/t8-/m0/s1. The predicted molar refractivity (Wildman–Crippen MR) is 78.3 cm³/mol. The summed E-state index contributed by atoms with van der Waals surface area (Å²) in [7, 11) is 0. The minimum absolute atomic E-state index is 0.0107. The van der Waals surface area contributed by atoms with Gasteiger partial charge in [-0.3, -0.25) is 8.51 Å². The van der Waals surface area contributed by atoms with Gasteiger partial charge in [0.25, 0.3) is 0 Å². The number of halogens is 2. The molecular formula is C11H12Cl2N3O4S-. The number of aromatic nitrogens is 1. The summed E-state index contributed by atoms with van der Waals surface area (Å²) in [5.41, 5.74) is 0.134. The quantitative estimate of drug-likeness (QED) is 0.661. The van der Waals surface area contributed by atoms with Crippen LogP contribution in [0.3, 0.4) is 0 Å². The molecule has 10 heteroatoms. The van der Waals surface area contributed by atoms with Crippen molar-refractivity contribution in [1.29, 1.82) is 0 Å². The van der Waals surface area contributed by atoms with E-state index in [-0.39, 0.29) is 22.4 Å². The minimum atomic E-state index is -2.62. The summed E-state index contributed by atoms with van der Waals surface area (Å²) in [6.07, 6.45) is 1.52. The Labute approximate surface area is 133 Å². The van der Waals surface area contributed by atoms with Crippen LogP contribution in [0.15, 0.2) is 12.3 Å². The Morgan fingerprint density at radius 1 is 1.62 bits per heavy atom. The summed E-state index contributed by atoms with van der Waals surface area (Å²) in [5.74, 6) is 0. The molecule has 0 radical (unpaired) electrons. The van der Waals surface area contributed by atoms with Gasteiger partial charge in [0.05, 0.1) is 23.3 Å². The molecule has 0 spiro atoms. The van der Waals surface area contributed by atoms with Gasteiger partial charge in [-0.25, -0.2) is 9.78 Å². The first kappa shape index (κ1) is 16.3. The molecule has 2 rings (SSSR count). The summed E-state index contributed by atoms with van der Waals surface area (Å²) in [4.78, 5) is 16.1. The number of carboxylic acid groups (broad SMARTS) is 1. The van der Waals surface area contributed by atoms with E-state index in [2.05, 4.69) is 4.98 Å². The predicted octanol–water partition coefficient (Wildman–Crippen LogP) is 2.13. The van der Waals surface area contributed by atoms with Gasteiger partial charge in [-0.1, -0.05) is 23.2 Å². The zero-order valence-corrected chi connectivity index (χ0v) is 13.1. The molecule has 116 valence electrons. The van der Waals surface area contributed by atoms with Crippen molar-refractivity contribution < 1.29 is 18.7 Å². The molecule has 0 saturated carbocycles. The second-order valence-corrected chi connectivity index (χ2v) is 6.18. The van der Waals surface area contributed by atoms with Crippen LogP contribution in [-0.4, -0.2) is 49.0 Å². The highest BCUT2D eigenvalue weighted by Crippen LogP contribution is 2.29. The van der Waals surface area contributed by atoms with Crippen LogP contribution in [0.4, 0.5) is 10.5 Å². The number of pyridine rings is 1. The molecule has 2 heterocycles. The van der Waals surface area contributed by atoms with E-state index in [0.717, 1.165) is 4.31 Å². The van der Waals surface area contributed by atoms with Gasteiger partial charge in [0.1, 0.15) is 0 Å². The van der Waals surface area contributed by atoms with Crippen molar-refractivity contribution in [1.82, 2.24) is 9.88 Å². The van der Waals surface area contributed by atoms with E-state index in [1.807, 2.05) is 0 Å². The molecule has 2 atom stereocenters. The molecule has 1 aromatic heterocycles. The minimum Gasteiger partial charge on any atom is -0.755 e. The third-order valence-corrected chi connectivity index (χ3v) is 4.44. The van der Waals surface area contributed by atoms with E-state index >= 15 is 0 Å². The van der Waals surface area contributed by atoms with Crippen LogP contribution >= 0.6 is 23.2 Å². The molecule has 7 nitrogen and oxygen atoms in total. The highest BCUT2D eigenvalue weighted by molar-refractivity contribution is 7.80. The molecule has 0 aliphatic carbocycles.